The van der Waals surface area contributed by atoms with Crippen molar-refractivity contribution >= 4 is 21.4 Å². The van der Waals surface area contributed by atoms with Crippen molar-refractivity contribution in [2.75, 3.05) is 13.1 Å². The third kappa shape index (κ3) is 3.40. The normalized spacial score (nSPS) is 21.4. The van der Waals surface area contributed by atoms with Gasteiger partial charge in [-0.25, -0.2) is 13.4 Å². The Kier molecular flexibility index (Phi) is 4.01. The summed E-state index contributed by atoms with van der Waals surface area (Å²) >= 11 is 5.66. The van der Waals surface area contributed by atoms with Gasteiger partial charge in [-0.15, -0.1) is 0 Å². The second-order valence-corrected chi connectivity index (χ2v) is 6.93. The lowest BCUT2D eigenvalue weighted by molar-refractivity contribution is 0.496. The fourth-order valence-electron chi connectivity index (χ4n) is 1.97. The summed E-state index contributed by atoms with van der Waals surface area (Å²) in [7, 11) is -3.09. The van der Waals surface area contributed by atoms with Crippen molar-refractivity contribution in [3.63, 3.8) is 0 Å². The highest BCUT2D eigenvalue weighted by Gasteiger charge is 2.27. The molecule has 0 bridgehead atoms. The number of sulfone groups is 1. The molecule has 1 fully saturated rings. The largest absolute Gasteiger partial charge is 0.315 e. The number of aromatic nitrogens is 1. The molecule has 1 aromatic heterocycles. The SMILES string of the molecule is O=S(=O)(Cc1ccc(Cl)nc1)C1CCCNC1. The zero-order chi connectivity index (χ0) is 12.3. The van der Waals surface area contributed by atoms with Crippen LogP contribution >= 0.6 is 11.6 Å². The van der Waals surface area contributed by atoms with Gasteiger partial charge < -0.3 is 5.32 Å². The molecule has 1 aliphatic heterocycles. The maximum atomic E-state index is 12.1. The van der Waals surface area contributed by atoms with Crippen LogP contribution in [0, 0.1) is 0 Å². The number of halogens is 1. The lowest BCUT2D eigenvalue weighted by Crippen LogP contribution is -2.39. The molecule has 4 nitrogen and oxygen atoms in total. The molecule has 0 aliphatic carbocycles. The maximum absolute atomic E-state index is 12.1. The summed E-state index contributed by atoms with van der Waals surface area (Å²) in [6.45, 7) is 1.47. The first-order chi connectivity index (χ1) is 8.08. The van der Waals surface area contributed by atoms with Gasteiger partial charge in [0, 0.05) is 12.7 Å². The fourth-order valence-corrected chi connectivity index (χ4v) is 3.85. The minimum atomic E-state index is -3.09. The van der Waals surface area contributed by atoms with E-state index in [1.165, 1.54) is 6.20 Å². The molecule has 2 rings (SSSR count). The van der Waals surface area contributed by atoms with Crippen molar-refractivity contribution in [2.45, 2.75) is 23.8 Å². The quantitative estimate of drug-likeness (QED) is 0.847. The van der Waals surface area contributed by atoms with Crippen molar-refractivity contribution in [3.8, 4) is 0 Å². The minimum Gasteiger partial charge on any atom is -0.315 e. The zero-order valence-corrected chi connectivity index (χ0v) is 11.0. The Hall–Kier alpha value is -0.650. The van der Waals surface area contributed by atoms with E-state index in [0.29, 0.717) is 17.3 Å². The number of rotatable bonds is 3. The topological polar surface area (TPSA) is 59.1 Å². The van der Waals surface area contributed by atoms with Crippen LogP contribution in [0.1, 0.15) is 18.4 Å². The summed E-state index contributed by atoms with van der Waals surface area (Å²) in [6, 6.07) is 3.33. The van der Waals surface area contributed by atoms with Crippen LogP contribution in [-0.2, 0) is 15.6 Å². The molecular weight excluding hydrogens is 260 g/mol. The Morgan fingerprint density at radius 3 is 2.88 bits per heavy atom. The molecule has 6 heteroatoms. The number of nitrogens with one attached hydrogen (secondary N) is 1. The van der Waals surface area contributed by atoms with Crippen molar-refractivity contribution in [1.29, 1.82) is 0 Å². The van der Waals surface area contributed by atoms with Gasteiger partial charge in [-0.2, -0.15) is 0 Å². The second kappa shape index (κ2) is 5.33. The lowest BCUT2D eigenvalue weighted by Gasteiger charge is -2.22. The standard InChI is InChI=1S/C11H15ClN2O2S/c12-11-4-3-9(6-14-11)8-17(15,16)10-2-1-5-13-7-10/h3-4,6,10,13H,1-2,5,7-8H2. The molecule has 1 saturated heterocycles. The third-order valence-corrected chi connectivity index (χ3v) is 5.29. The summed E-state index contributed by atoms with van der Waals surface area (Å²) in [5.74, 6) is 0.0452. The Morgan fingerprint density at radius 2 is 2.29 bits per heavy atom. The van der Waals surface area contributed by atoms with E-state index in [9.17, 15) is 8.42 Å². The highest BCUT2D eigenvalue weighted by molar-refractivity contribution is 7.91. The monoisotopic (exact) mass is 274 g/mol. The van der Waals surface area contributed by atoms with Gasteiger partial charge in [-0.1, -0.05) is 17.7 Å². The number of piperidine rings is 1. The van der Waals surface area contributed by atoms with Gasteiger partial charge in [0.1, 0.15) is 5.15 Å². The molecule has 1 aromatic rings. The molecular formula is C11H15ClN2O2S. The Balaban J connectivity index is 2.08. The van der Waals surface area contributed by atoms with E-state index >= 15 is 0 Å². The Morgan fingerprint density at radius 1 is 1.47 bits per heavy atom. The zero-order valence-electron chi connectivity index (χ0n) is 9.39. The van der Waals surface area contributed by atoms with Crippen molar-refractivity contribution in [3.05, 3.63) is 29.0 Å². The summed E-state index contributed by atoms with van der Waals surface area (Å²) < 4.78 is 24.3. The van der Waals surface area contributed by atoms with Gasteiger partial charge in [0.25, 0.3) is 0 Å². The predicted octanol–water partition coefficient (Wildman–Crippen LogP) is 1.40. The molecule has 1 unspecified atom stereocenters. The summed E-state index contributed by atoms with van der Waals surface area (Å²) in [5.41, 5.74) is 0.694. The molecule has 0 saturated carbocycles. The van der Waals surface area contributed by atoms with Gasteiger partial charge in [0.15, 0.2) is 9.84 Å². The van der Waals surface area contributed by atoms with Gasteiger partial charge >= 0.3 is 0 Å². The molecule has 1 aliphatic rings. The van der Waals surface area contributed by atoms with E-state index in [1.807, 2.05) is 0 Å². The number of nitrogens with zero attached hydrogens (tertiary/aromatic N) is 1. The number of hydrogen-bond donors (Lipinski definition) is 1. The second-order valence-electron chi connectivity index (χ2n) is 4.26. The average Bonchev–Trinajstić information content (AvgIpc) is 2.33. The highest BCUT2D eigenvalue weighted by atomic mass is 35.5. The van der Waals surface area contributed by atoms with E-state index in [4.69, 9.17) is 11.6 Å². The predicted molar refractivity (Wildman–Crippen MR) is 67.8 cm³/mol. The summed E-state index contributed by atoms with van der Waals surface area (Å²) in [6.07, 6.45) is 3.19. The third-order valence-electron chi connectivity index (χ3n) is 2.92. The molecule has 2 heterocycles. The van der Waals surface area contributed by atoms with Crippen molar-refractivity contribution in [2.24, 2.45) is 0 Å². The highest BCUT2D eigenvalue weighted by Crippen LogP contribution is 2.17. The van der Waals surface area contributed by atoms with Gasteiger partial charge in [0.05, 0.1) is 11.0 Å². The van der Waals surface area contributed by atoms with Crippen LogP contribution in [-0.4, -0.2) is 31.7 Å². The molecule has 0 aromatic carbocycles. The van der Waals surface area contributed by atoms with E-state index in [-0.39, 0.29) is 11.0 Å². The lowest BCUT2D eigenvalue weighted by atomic mass is 10.2. The first-order valence-corrected chi connectivity index (χ1v) is 7.70. The molecule has 1 atom stereocenters. The van der Waals surface area contributed by atoms with Gasteiger partial charge in [-0.3, -0.25) is 0 Å². The van der Waals surface area contributed by atoms with E-state index in [0.717, 1.165) is 19.4 Å². The summed E-state index contributed by atoms with van der Waals surface area (Å²) in [5, 5.41) is 3.23. The van der Waals surface area contributed by atoms with Crippen LogP contribution in [0.2, 0.25) is 5.15 Å². The average molecular weight is 275 g/mol. The first kappa shape index (κ1) is 12.8. The van der Waals surface area contributed by atoms with Crippen molar-refractivity contribution in [1.82, 2.24) is 10.3 Å². The number of pyridine rings is 1. The maximum Gasteiger partial charge on any atom is 0.158 e. The van der Waals surface area contributed by atoms with E-state index in [2.05, 4.69) is 10.3 Å². The molecule has 0 spiro atoms. The Bertz CT molecular complexity index is 467. The van der Waals surface area contributed by atoms with E-state index < -0.39 is 9.84 Å². The first-order valence-electron chi connectivity index (χ1n) is 5.61. The van der Waals surface area contributed by atoms with Crippen LogP contribution in [0.3, 0.4) is 0 Å². The van der Waals surface area contributed by atoms with Crippen LogP contribution in [0.25, 0.3) is 0 Å². The molecule has 0 radical (unpaired) electrons. The minimum absolute atomic E-state index is 0.0452. The van der Waals surface area contributed by atoms with Crippen LogP contribution < -0.4 is 5.32 Å². The molecule has 0 amide bonds. The molecule has 1 N–H and O–H groups in total. The van der Waals surface area contributed by atoms with Gasteiger partial charge in [0.2, 0.25) is 0 Å². The van der Waals surface area contributed by atoms with Crippen LogP contribution in [0.5, 0.6) is 0 Å². The number of hydrogen-bond acceptors (Lipinski definition) is 4. The van der Waals surface area contributed by atoms with Gasteiger partial charge in [-0.05, 0) is 31.0 Å². The molecule has 17 heavy (non-hydrogen) atoms. The van der Waals surface area contributed by atoms with E-state index in [1.54, 1.807) is 12.1 Å². The summed E-state index contributed by atoms with van der Waals surface area (Å²) in [4.78, 5) is 3.89. The van der Waals surface area contributed by atoms with Crippen molar-refractivity contribution < 1.29 is 8.42 Å². The van der Waals surface area contributed by atoms with Crippen LogP contribution in [0.15, 0.2) is 18.3 Å². The Labute approximate surface area is 106 Å². The molecule has 94 valence electrons. The fraction of sp³-hybridized carbons (Fsp3) is 0.545. The van der Waals surface area contributed by atoms with Crippen LogP contribution in [0.4, 0.5) is 0 Å². The smallest absolute Gasteiger partial charge is 0.158 e.